The molecule has 1 aliphatic heterocycles. The van der Waals surface area contributed by atoms with E-state index in [0.29, 0.717) is 17.5 Å². The number of fused-ring (bicyclic) bond motifs is 1. The van der Waals surface area contributed by atoms with Crippen molar-refractivity contribution in [3.63, 3.8) is 0 Å². The minimum Gasteiger partial charge on any atom is -0.333 e. The third-order valence-electron chi connectivity index (χ3n) is 5.26. The van der Waals surface area contributed by atoms with Gasteiger partial charge in [0.2, 0.25) is 10.0 Å². The molecule has 23 heavy (non-hydrogen) atoms. The molecule has 2 aliphatic rings. The van der Waals surface area contributed by atoms with E-state index >= 15 is 0 Å². The van der Waals surface area contributed by atoms with Crippen molar-refractivity contribution >= 4 is 15.9 Å². The summed E-state index contributed by atoms with van der Waals surface area (Å²) in [6.07, 6.45) is 5.86. The highest BCUT2D eigenvalue weighted by Crippen LogP contribution is 2.40. The van der Waals surface area contributed by atoms with E-state index in [1.54, 1.807) is 12.1 Å². The van der Waals surface area contributed by atoms with Gasteiger partial charge in [-0.3, -0.25) is 4.79 Å². The van der Waals surface area contributed by atoms with Gasteiger partial charge < -0.3 is 4.90 Å². The topological polar surface area (TPSA) is 66.5 Å². The molecule has 0 radical (unpaired) electrons. The smallest absolute Gasteiger partial charge is 0.254 e. The van der Waals surface area contributed by atoms with Crippen LogP contribution in [0.25, 0.3) is 0 Å². The molecule has 1 aliphatic carbocycles. The summed E-state index contributed by atoms with van der Waals surface area (Å²) in [5, 5.41) is 0. The Hall–Kier alpha value is -1.40. The van der Waals surface area contributed by atoms with Gasteiger partial charge in [0, 0.05) is 17.6 Å². The van der Waals surface area contributed by atoms with Crippen LogP contribution in [0.1, 0.15) is 49.4 Å². The van der Waals surface area contributed by atoms with Crippen LogP contribution in [-0.2, 0) is 10.0 Å². The SMILES string of the molecule is CNS(=O)(=O)c1ccc(C(=O)N2[C@H](C)C[C@H]3CCCC[C@H]32)cc1. The Morgan fingerprint density at radius 3 is 2.48 bits per heavy atom. The molecule has 1 N–H and O–H groups in total. The number of rotatable bonds is 3. The van der Waals surface area contributed by atoms with Crippen molar-refractivity contribution in [1.82, 2.24) is 9.62 Å². The first-order chi connectivity index (χ1) is 10.9. The van der Waals surface area contributed by atoms with Crippen molar-refractivity contribution < 1.29 is 13.2 Å². The lowest BCUT2D eigenvalue weighted by Crippen LogP contribution is -2.42. The van der Waals surface area contributed by atoms with Crippen LogP contribution in [0.3, 0.4) is 0 Å². The highest BCUT2D eigenvalue weighted by molar-refractivity contribution is 7.89. The second kappa shape index (κ2) is 6.24. The molecule has 1 aromatic carbocycles. The molecular formula is C17H24N2O3S. The number of amides is 1. The van der Waals surface area contributed by atoms with E-state index < -0.39 is 10.0 Å². The van der Waals surface area contributed by atoms with Gasteiger partial charge >= 0.3 is 0 Å². The van der Waals surface area contributed by atoms with Gasteiger partial charge in [0.15, 0.2) is 0 Å². The molecule has 1 heterocycles. The highest BCUT2D eigenvalue weighted by Gasteiger charge is 2.42. The van der Waals surface area contributed by atoms with Crippen LogP contribution in [0.5, 0.6) is 0 Å². The number of hydrogen-bond acceptors (Lipinski definition) is 3. The maximum Gasteiger partial charge on any atom is 0.254 e. The third kappa shape index (κ3) is 3.02. The summed E-state index contributed by atoms with van der Waals surface area (Å²) >= 11 is 0. The van der Waals surface area contributed by atoms with Gasteiger partial charge in [-0.2, -0.15) is 0 Å². The Morgan fingerprint density at radius 2 is 1.83 bits per heavy atom. The van der Waals surface area contributed by atoms with E-state index in [1.165, 1.54) is 38.4 Å². The Balaban J connectivity index is 1.83. The van der Waals surface area contributed by atoms with Gasteiger partial charge in [-0.25, -0.2) is 13.1 Å². The normalized spacial score (nSPS) is 27.7. The minimum atomic E-state index is -3.46. The molecular weight excluding hydrogens is 312 g/mol. The predicted octanol–water partition coefficient (Wildman–Crippen LogP) is 2.39. The molecule has 1 aromatic rings. The summed E-state index contributed by atoms with van der Waals surface area (Å²) in [7, 11) is -2.09. The predicted molar refractivity (Wildman–Crippen MR) is 88.7 cm³/mol. The zero-order chi connectivity index (χ0) is 16.6. The van der Waals surface area contributed by atoms with Crippen molar-refractivity contribution in [3.8, 4) is 0 Å². The fourth-order valence-corrected chi connectivity index (χ4v) is 4.83. The monoisotopic (exact) mass is 336 g/mol. The number of nitrogens with zero attached hydrogens (tertiary/aromatic N) is 1. The lowest BCUT2D eigenvalue weighted by atomic mass is 9.85. The Kier molecular flexibility index (Phi) is 4.47. The van der Waals surface area contributed by atoms with E-state index in [1.807, 2.05) is 4.90 Å². The number of carbonyl (C=O) groups excluding carboxylic acids is 1. The summed E-state index contributed by atoms with van der Waals surface area (Å²) < 4.78 is 25.8. The van der Waals surface area contributed by atoms with Gasteiger partial charge in [-0.1, -0.05) is 12.8 Å². The van der Waals surface area contributed by atoms with Crippen molar-refractivity contribution in [2.75, 3.05) is 7.05 Å². The van der Waals surface area contributed by atoms with Crippen LogP contribution >= 0.6 is 0 Å². The Bertz CT molecular complexity index is 684. The van der Waals surface area contributed by atoms with Crippen molar-refractivity contribution in [2.45, 2.75) is 56.0 Å². The lowest BCUT2D eigenvalue weighted by molar-refractivity contribution is 0.0633. The van der Waals surface area contributed by atoms with Crippen molar-refractivity contribution in [1.29, 1.82) is 0 Å². The maximum atomic E-state index is 12.9. The van der Waals surface area contributed by atoms with E-state index in [9.17, 15) is 13.2 Å². The molecule has 1 saturated carbocycles. The van der Waals surface area contributed by atoms with E-state index in [0.717, 1.165) is 12.8 Å². The zero-order valence-corrected chi connectivity index (χ0v) is 14.5. The maximum absolute atomic E-state index is 12.9. The average Bonchev–Trinajstić information content (AvgIpc) is 2.90. The van der Waals surface area contributed by atoms with Gasteiger partial charge in [-0.15, -0.1) is 0 Å². The molecule has 0 aromatic heterocycles. The lowest BCUT2D eigenvalue weighted by Gasteiger charge is -2.33. The number of sulfonamides is 1. The first kappa shape index (κ1) is 16.5. The third-order valence-corrected chi connectivity index (χ3v) is 6.69. The van der Waals surface area contributed by atoms with Crippen LogP contribution in [0, 0.1) is 5.92 Å². The molecule has 0 spiro atoms. The first-order valence-electron chi connectivity index (χ1n) is 8.30. The van der Waals surface area contributed by atoms with E-state index in [4.69, 9.17) is 0 Å². The quantitative estimate of drug-likeness (QED) is 0.921. The van der Waals surface area contributed by atoms with Crippen LogP contribution < -0.4 is 4.72 Å². The van der Waals surface area contributed by atoms with Crippen LogP contribution in [0.15, 0.2) is 29.2 Å². The van der Waals surface area contributed by atoms with Crippen molar-refractivity contribution in [2.24, 2.45) is 5.92 Å². The molecule has 0 unspecified atom stereocenters. The number of hydrogen-bond donors (Lipinski definition) is 1. The summed E-state index contributed by atoms with van der Waals surface area (Å²) in [6, 6.07) is 6.85. The van der Waals surface area contributed by atoms with Crippen LogP contribution in [0.2, 0.25) is 0 Å². The molecule has 5 nitrogen and oxygen atoms in total. The molecule has 126 valence electrons. The standard InChI is InChI=1S/C17H24N2O3S/c1-12-11-14-5-3-4-6-16(14)19(12)17(20)13-7-9-15(10-8-13)23(21,22)18-2/h7-10,12,14,16,18H,3-6,11H2,1-2H3/t12-,14-,16-/m1/s1. The molecule has 6 heteroatoms. The Labute approximate surface area is 138 Å². The second-order valence-electron chi connectivity index (χ2n) is 6.64. The number of benzene rings is 1. The van der Waals surface area contributed by atoms with Gasteiger partial charge in [-0.05, 0) is 63.4 Å². The van der Waals surface area contributed by atoms with E-state index in [-0.39, 0.29) is 16.8 Å². The van der Waals surface area contributed by atoms with E-state index in [2.05, 4.69) is 11.6 Å². The molecule has 1 amide bonds. The molecule has 2 fully saturated rings. The summed E-state index contributed by atoms with van der Waals surface area (Å²) in [4.78, 5) is 15.1. The van der Waals surface area contributed by atoms with Gasteiger partial charge in [0.05, 0.1) is 4.90 Å². The highest BCUT2D eigenvalue weighted by atomic mass is 32.2. The zero-order valence-electron chi connectivity index (χ0n) is 13.7. The van der Waals surface area contributed by atoms with Gasteiger partial charge in [0.25, 0.3) is 5.91 Å². The Morgan fingerprint density at radius 1 is 1.17 bits per heavy atom. The number of carbonyl (C=O) groups is 1. The molecule has 1 saturated heterocycles. The largest absolute Gasteiger partial charge is 0.333 e. The molecule has 0 bridgehead atoms. The second-order valence-corrected chi connectivity index (χ2v) is 8.53. The van der Waals surface area contributed by atoms with Gasteiger partial charge in [0.1, 0.15) is 0 Å². The fourth-order valence-electron chi connectivity index (χ4n) is 4.10. The van der Waals surface area contributed by atoms with Crippen LogP contribution in [0.4, 0.5) is 0 Å². The summed E-state index contributed by atoms with van der Waals surface area (Å²) in [6.45, 7) is 2.12. The number of nitrogens with one attached hydrogen (secondary N) is 1. The van der Waals surface area contributed by atoms with Crippen molar-refractivity contribution in [3.05, 3.63) is 29.8 Å². The minimum absolute atomic E-state index is 0.0281. The fraction of sp³-hybridized carbons (Fsp3) is 0.588. The summed E-state index contributed by atoms with van der Waals surface area (Å²) in [5.74, 6) is 0.659. The first-order valence-corrected chi connectivity index (χ1v) is 9.78. The number of likely N-dealkylation sites (tertiary alicyclic amines) is 1. The molecule has 3 atom stereocenters. The molecule has 3 rings (SSSR count). The van der Waals surface area contributed by atoms with Crippen LogP contribution in [-0.4, -0.2) is 38.4 Å². The summed E-state index contributed by atoms with van der Waals surface area (Å²) in [5.41, 5.74) is 0.568. The average molecular weight is 336 g/mol.